The Bertz CT molecular complexity index is 379. The molecule has 0 aliphatic heterocycles. The summed E-state index contributed by atoms with van der Waals surface area (Å²) in [6.45, 7) is 3.96. The molecule has 1 aromatic carbocycles. The van der Waals surface area contributed by atoms with Crippen LogP contribution in [0.25, 0.3) is 0 Å². The highest BCUT2D eigenvalue weighted by Crippen LogP contribution is 2.20. The van der Waals surface area contributed by atoms with E-state index >= 15 is 0 Å². The summed E-state index contributed by atoms with van der Waals surface area (Å²) in [5.74, 6) is -0.00537. The minimum atomic E-state index is -0.650. The molecule has 2 atom stereocenters. The summed E-state index contributed by atoms with van der Waals surface area (Å²) in [6, 6.07) is 4.70. The number of benzene rings is 1. The molecule has 2 unspecified atom stereocenters. The Balaban J connectivity index is 2.75. The van der Waals surface area contributed by atoms with E-state index in [0.29, 0.717) is 6.42 Å². The lowest BCUT2D eigenvalue weighted by molar-refractivity contribution is -0.0368. The van der Waals surface area contributed by atoms with Crippen LogP contribution in [0, 0.1) is 11.7 Å². The van der Waals surface area contributed by atoms with E-state index in [1.807, 2.05) is 13.8 Å². The first kappa shape index (κ1) is 14.9. The average Bonchev–Trinajstić information content (AvgIpc) is 2.29. The first-order valence-electron chi connectivity index (χ1n) is 6.02. The van der Waals surface area contributed by atoms with Gasteiger partial charge in [-0.15, -0.1) is 0 Å². The summed E-state index contributed by atoms with van der Waals surface area (Å²) < 4.78 is 23.6. The van der Waals surface area contributed by atoms with E-state index in [0.717, 1.165) is 5.56 Å². The fourth-order valence-electron chi connectivity index (χ4n) is 2.07. The molecule has 1 N–H and O–H groups in total. The van der Waals surface area contributed by atoms with Crippen molar-refractivity contribution in [2.24, 2.45) is 5.92 Å². The van der Waals surface area contributed by atoms with Crippen LogP contribution in [0.4, 0.5) is 4.39 Å². The predicted molar refractivity (Wildman–Crippen MR) is 68.3 cm³/mol. The number of rotatable bonds is 6. The van der Waals surface area contributed by atoms with Gasteiger partial charge < -0.3 is 14.6 Å². The van der Waals surface area contributed by atoms with Crippen LogP contribution in [0.2, 0.25) is 0 Å². The Kier molecular flexibility index (Phi) is 5.56. The highest BCUT2D eigenvalue weighted by Gasteiger charge is 2.22. The van der Waals surface area contributed by atoms with Gasteiger partial charge in [-0.2, -0.15) is 0 Å². The van der Waals surface area contributed by atoms with Crippen molar-refractivity contribution in [1.82, 2.24) is 0 Å². The molecule has 18 heavy (non-hydrogen) atoms. The van der Waals surface area contributed by atoms with Gasteiger partial charge in [-0.3, -0.25) is 0 Å². The van der Waals surface area contributed by atoms with Crippen LogP contribution in [0.1, 0.15) is 19.4 Å². The molecule has 0 fully saturated rings. The third-order valence-corrected chi connectivity index (χ3v) is 2.97. The van der Waals surface area contributed by atoms with E-state index in [9.17, 15) is 9.50 Å². The Morgan fingerprint density at radius 1 is 1.28 bits per heavy atom. The summed E-state index contributed by atoms with van der Waals surface area (Å²) >= 11 is 0. The molecule has 0 spiro atoms. The van der Waals surface area contributed by atoms with Crippen LogP contribution >= 0.6 is 0 Å². The fourth-order valence-corrected chi connectivity index (χ4v) is 2.07. The van der Waals surface area contributed by atoms with Crippen molar-refractivity contribution in [2.45, 2.75) is 32.5 Å². The van der Waals surface area contributed by atoms with Gasteiger partial charge in [0.05, 0.1) is 19.3 Å². The van der Waals surface area contributed by atoms with Gasteiger partial charge >= 0.3 is 0 Å². The van der Waals surface area contributed by atoms with Gasteiger partial charge in [-0.05, 0) is 23.6 Å². The lowest BCUT2D eigenvalue weighted by Crippen LogP contribution is -2.34. The molecule has 3 nitrogen and oxygen atoms in total. The first-order chi connectivity index (χ1) is 8.49. The normalized spacial score (nSPS) is 14.6. The zero-order valence-corrected chi connectivity index (χ0v) is 11.3. The number of aliphatic hydroxyl groups is 1. The quantitative estimate of drug-likeness (QED) is 0.849. The molecule has 0 aromatic heterocycles. The zero-order valence-electron chi connectivity index (χ0n) is 11.3. The molecule has 0 heterocycles. The predicted octanol–water partition coefficient (Wildman–Crippen LogP) is 2.41. The van der Waals surface area contributed by atoms with Crippen LogP contribution in [-0.4, -0.2) is 31.5 Å². The average molecular weight is 256 g/mol. The summed E-state index contributed by atoms with van der Waals surface area (Å²) in [5, 5.41) is 10.1. The third-order valence-electron chi connectivity index (χ3n) is 2.97. The molecule has 4 heteroatoms. The highest BCUT2D eigenvalue weighted by molar-refractivity contribution is 5.29. The molecule has 0 radical (unpaired) electrons. The number of hydrogen-bond donors (Lipinski definition) is 1. The van der Waals surface area contributed by atoms with E-state index < -0.39 is 11.9 Å². The Hall–Kier alpha value is -1.13. The van der Waals surface area contributed by atoms with E-state index in [4.69, 9.17) is 9.47 Å². The van der Waals surface area contributed by atoms with Crippen LogP contribution < -0.4 is 4.74 Å². The number of ether oxygens (including phenoxy) is 2. The van der Waals surface area contributed by atoms with Crippen molar-refractivity contribution in [3.05, 3.63) is 29.6 Å². The van der Waals surface area contributed by atoms with Gasteiger partial charge in [0.25, 0.3) is 0 Å². The number of halogens is 1. The van der Waals surface area contributed by atoms with Gasteiger partial charge in [0, 0.05) is 13.5 Å². The van der Waals surface area contributed by atoms with Crippen molar-refractivity contribution in [3.8, 4) is 5.75 Å². The summed E-state index contributed by atoms with van der Waals surface area (Å²) in [6.07, 6.45) is -0.546. The molecule has 102 valence electrons. The number of methoxy groups -OCH3 is 2. The maximum atomic E-state index is 13.5. The van der Waals surface area contributed by atoms with E-state index in [-0.39, 0.29) is 17.8 Å². The zero-order chi connectivity index (χ0) is 13.7. The second kappa shape index (κ2) is 6.71. The van der Waals surface area contributed by atoms with Crippen LogP contribution in [-0.2, 0) is 11.2 Å². The second-order valence-electron chi connectivity index (χ2n) is 4.68. The Morgan fingerprint density at radius 2 is 1.94 bits per heavy atom. The maximum absolute atomic E-state index is 13.5. The van der Waals surface area contributed by atoms with E-state index in [1.54, 1.807) is 19.2 Å². The van der Waals surface area contributed by atoms with Crippen LogP contribution in [0.5, 0.6) is 5.75 Å². The minimum absolute atomic E-state index is 0.202. The van der Waals surface area contributed by atoms with Gasteiger partial charge in [-0.25, -0.2) is 4.39 Å². The first-order valence-corrected chi connectivity index (χ1v) is 6.02. The van der Waals surface area contributed by atoms with Gasteiger partial charge in [0.15, 0.2) is 11.6 Å². The Labute approximate surface area is 108 Å². The van der Waals surface area contributed by atoms with Crippen molar-refractivity contribution in [3.63, 3.8) is 0 Å². The third kappa shape index (κ3) is 3.68. The van der Waals surface area contributed by atoms with Gasteiger partial charge in [0.1, 0.15) is 0 Å². The van der Waals surface area contributed by atoms with Crippen molar-refractivity contribution < 1.29 is 19.0 Å². The number of hydrogen-bond acceptors (Lipinski definition) is 3. The molecule has 0 saturated heterocycles. The van der Waals surface area contributed by atoms with Crippen molar-refractivity contribution >= 4 is 0 Å². The fraction of sp³-hybridized carbons (Fsp3) is 0.571. The van der Waals surface area contributed by atoms with Gasteiger partial charge in [-0.1, -0.05) is 19.9 Å². The SMILES string of the molecule is COc1ccc(CC(O)C(OC)C(C)C)cc1F. The molecule has 0 bridgehead atoms. The van der Waals surface area contributed by atoms with Crippen molar-refractivity contribution in [2.75, 3.05) is 14.2 Å². The smallest absolute Gasteiger partial charge is 0.165 e. The number of aliphatic hydroxyl groups excluding tert-OH is 1. The van der Waals surface area contributed by atoms with E-state index in [2.05, 4.69) is 0 Å². The minimum Gasteiger partial charge on any atom is -0.494 e. The van der Waals surface area contributed by atoms with Gasteiger partial charge in [0.2, 0.25) is 0 Å². The summed E-state index contributed by atoms with van der Waals surface area (Å²) in [7, 11) is 3.00. The molecular weight excluding hydrogens is 235 g/mol. The Morgan fingerprint density at radius 3 is 2.39 bits per heavy atom. The lowest BCUT2D eigenvalue weighted by Gasteiger charge is -2.25. The van der Waals surface area contributed by atoms with Crippen LogP contribution in [0.15, 0.2) is 18.2 Å². The topological polar surface area (TPSA) is 38.7 Å². The van der Waals surface area contributed by atoms with Crippen molar-refractivity contribution in [1.29, 1.82) is 0 Å². The molecule has 0 aliphatic rings. The molecular formula is C14H21FO3. The standard InChI is InChI=1S/C14H21FO3/c1-9(2)14(18-4)12(16)8-10-5-6-13(17-3)11(15)7-10/h5-7,9,12,14,16H,8H2,1-4H3. The molecule has 0 amide bonds. The van der Waals surface area contributed by atoms with Crippen LogP contribution in [0.3, 0.4) is 0 Å². The monoisotopic (exact) mass is 256 g/mol. The summed E-state index contributed by atoms with van der Waals surface area (Å²) in [5.41, 5.74) is 0.725. The molecule has 1 aromatic rings. The largest absolute Gasteiger partial charge is 0.494 e. The second-order valence-corrected chi connectivity index (χ2v) is 4.68. The highest BCUT2D eigenvalue weighted by atomic mass is 19.1. The lowest BCUT2D eigenvalue weighted by atomic mass is 9.96. The summed E-state index contributed by atoms with van der Waals surface area (Å²) in [4.78, 5) is 0. The molecule has 1 rings (SSSR count). The molecule has 0 saturated carbocycles. The van der Waals surface area contributed by atoms with E-state index in [1.165, 1.54) is 13.2 Å². The molecule has 0 aliphatic carbocycles. The maximum Gasteiger partial charge on any atom is 0.165 e.